The van der Waals surface area contributed by atoms with Crippen LogP contribution in [-0.2, 0) is 32.7 Å². The summed E-state index contributed by atoms with van der Waals surface area (Å²) in [7, 11) is 1.24. The molecule has 0 spiro atoms. The Morgan fingerprint density at radius 1 is 0.625 bits per heavy atom. The van der Waals surface area contributed by atoms with Gasteiger partial charge in [0.1, 0.15) is 19.8 Å². The zero-order valence-electron chi connectivity index (χ0n) is 36.1. The van der Waals surface area contributed by atoms with Crippen molar-refractivity contribution in [2.75, 3.05) is 47.5 Å². The number of hydrogen-bond donors (Lipinski definition) is 0. The standard InChI is InChI=1S/C46H80NO8P/c1-6-8-10-11-12-13-14-15-16-17-18-22-25-28-31-35-40-52-42-45(43-54-56(50,51)53-41-39-47(3,4)5)55-46(49)38-34-30-27-24-21-19-20-23-26-29-33-37-44(48)36-32-9-7-2/h13-14,19-20,24,26-27,29,33,35,37,40,45H,6-12,15-18,21-23,25,28,30-32,34,36,38-39,41-43H2,1-5H3/b14-13-,20-19-,27-24-,29-26-,37-33+,40-35+/t45-/m1/s1. The van der Waals surface area contributed by atoms with Crippen molar-refractivity contribution in [3.8, 4) is 0 Å². The molecule has 10 heteroatoms. The van der Waals surface area contributed by atoms with Gasteiger partial charge in [-0.05, 0) is 82.8 Å². The lowest BCUT2D eigenvalue weighted by Crippen LogP contribution is -2.37. The van der Waals surface area contributed by atoms with E-state index in [1.807, 2.05) is 45.4 Å². The van der Waals surface area contributed by atoms with Crippen LogP contribution >= 0.6 is 7.82 Å². The zero-order chi connectivity index (χ0) is 41.4. The maximum Gasteiger partial charge on any atom is 0.306 e. The summed E-state index contributed by atoms with van der Waals surface area (Å²) in [6.07, 6.45) is 45.6. The van der Waals surface area contributed by atoms with Crippen LogP contribution in [0.15, 0.2) is 73.1 Å². The first kappa shape index (κ1) is 53.5. The molecule has 56 heavy (non-hydrogen) atoms. The summed E-state index contributed by atoms with van der Waals surface area (Å²) in [6, 6.07) is 0. The van der Waals surface area contributed by atoms with Crippen molar-refractivity contribution in [2.24, 2.45) is 0 Å². The lowest BCUT2D eigenvalue weighted by molar-refractivity contribution is -0.870. The van der Waals surface area contributed by atoms with Crippen LogP contribution in [0, 0.1) is 0 Å². The fourth-order valence-corrected chi connectivity index (χ4v) is 6.06. The third-order valence-corrected chi connectivity index (χ3v) is 9.73. The molecule has 0 fully saturated rings. The highest BCUT2D eigenvalue weighted by Gasteiger charge is 2.20. The zero-order valence-corrected chi connectivity index (χ0v) is 36.9. The quantitative estimate of drug-likeness (QED) is 0.00882. The largest absolute Gasteiger partial charge is 0.756 e. The van der Waals surface area contributed by atoms with E-state index in [9.17, 15) is 19.0 Å². The van der Waals surface area contributed by atoms with Crippen molar-refractivity contribution in [2.45, 2.75) is 161 Å². The Bertz CT molecular complexity index is 1180. The van der Waals surface area contributed by atoms with E-state index in [0.29, 0.717) is 30.3 Å². The second kappa shape index (κ2) is 38.0. The summed E-state index contributed by atoms with van der Waals surface area (Å²) in [6.45, 7) is 4.45. The van der Waals surface area contributed by atoms with Gasteiger partial charge < -0.3 is 27.9 Å². The first-order valence-electron chi connectivity index (χ1n) is 21.7. The molecule has 0 aliphatic heterocycles. The maximum atomic E-state index is 12.6. The Balaban J connectivity index is 4.47. The molecule has 0 saturated heterocycles. The van der Waals surface area contributed by atoms with Crippen LogP contribution in [0.2, 0.25) is 0 Å². The van der Waals surface area contributed by atoms with Crippen molar-refractivity contribution in [3.63, 3.8) is 0 Å². The number of allylic oxidation sites excluding steroid dienone is 11. The van der Waals surface area contributed by atoms with Gasteiger partial charge in [-0.1, -0.05) is 126 Å². The van der Waals surface area contributed by atoms with Gasteiger partial charge in [-0.2, -0.15) is 0 Å². The lowest BCUT2D eigenvalue weighted by Gasteiger charge is -2.28. The molecular weight excluding hydrogens is 725 g/mol. The van der Waals surface area contributed by atoms with Gasteiger partial charge in [0, 0.05) is 12.8 Å². The van der Waals surface area contributed by atoms with E-state index in [4.69, 9.17) is 18.5 Å². The summed E-state index contributed by atoms with van der Waals surface area (Å²) < 4.78 is 34.2. The Kier molecular flexibility index (Phi) is 36.3. The van der Waals surface area contributed by atoms with E-state index in [2.05, 4.69) is 44.2 Å². The minimum atomic E-state index is -4.57. The number of quaternary nitrogens is 1. The summed E-state index contributed by atoms with van der Waals surface area (Å²) in [4.78, 5) is 36.7. The first-order valence-corrected chi connectivity index (χ1v) is 23.1. The van der Waals surface area contributed by atoms with Crippen molar-refractivity contribution in [1.82, 2.24) is 0 Å². The summed E-state index contributed by atoms with van der Waals surface area (Å²) in [5.74, 6) is -0.261. The van der Waals surface area contributed by atoms with Gasteiger partial charge in [-0.15, -0.1) is 0 Å². The normalized spacial score (nSPS) is 14.3. The van der Waals surface area contributed by atoms with E-state index in [0.717, 1.165) is 44.9 Å². The number of unbranched alkanes of at least 4 members (excludes halogenated alkanes) is 14. The van der Waals surface area contributed by atoms with Crippen LogP contribution in [0.3, 0.4) is 0 Å². The number of likely N-dealkylation sites (N-methyl/N-ethyl adjacent to an activating group) is 1. The number of carbonyl (C=O) groups is 2. The van der Waals surface area contributed by atoms with E-state index < -0.39 is 19.9 Å². The van der Waals surface area contributed by atoms with Gasteiger partial charge >= 0.3 is 5.97 Å². The van der Waals surface area contributed by atoms with Crippen molar-refractivity contribution in [3.05, 3.63) is 73.1 Å². The van der Waals surface area contributed by atoms with Crippen LogP contribution in [-0.4, -0.2) is 69.8 Å². The molecule has 1 unspecified atom stereocenters. The van der Waals surface area contributed by atoms with Gasteiger partial charge in [0.2, 0.25) is 0 Å². The van der Waals surface area contributed by atoms with Crippen molar-refractivity contribution in [1.29, 1.82) is 0 Å². The highest BCUT2D eigenvalue weighted by molar-refractivity contribution is 7.45. The topological polar surface area (TPSA) is 111 Å². The van der Waals surface area contributed by atoms with E-state index >= 15 is 0 Å². The molecule has 0 aromatic heterocycles. The second-order valence-electron chi connectivity index (χ2n) is 15.4. The monoisotopic (exact) mass is 806 g/mol. The Labute approximate surface area is 342 Å². The highest BCUT2D eigenvalue weighted by Crippen LogP contribution is 2.38. The number of nitrogens with zero attached hydrogens (tertiary/aromatic N) is 1. The molecule has 0 saturated carbocycles. The number of phosphoric ester groups is 1. The van der Waals surface area contributed by atoms with Gasteiger partial charge in [0.25, 0.3) is 7.82 Å². The van der Waals surface area contributed by atoms with Gasteiger partial charge in [0.15, 0.2) is 11.9 Å². The van der Waals surface area contributed by atoms with E-state index in [1.54, 1.807) is 18.4 Å². The molecule has 0 N–H and O–H groups in total. The SMILES string of the molecule is CCCCCC/C=C\CCCCCCCC/C=C/OC[C@H](COP(=O)([O-])OCC[N+](C)(C)C)OC(=O)CCC/C=C\C/C=C\C/C=C\C=C\C(=O)CCCCC. The number of rotatable bonds is 39. The number of ether oxygens (including phenoxy) is 2. The molecule has 2 atom stereocenters. The van der Waals surface area contributed by atoms with E-state index in [1.165, 1.54) is 70.6 Å². The molecule has 0 radical (unpaired) electrons. The lowest BCUT2D eigenvalue weighted by atomic mass is 10.1. The average molecular weight is 806 g/mol. The van der Waals surface area contributed by atoms with Crippen LogP contribution in [0.1, 0.15) is 155 Å². The molecular formula is C46H80NO8P. The number of esters is 1. The third-order valence-electron chi connectivity index (χ3n) is 8.77. The first-order chi connectivity index (χ1) is 27.0. The molecule has 9 nitrogen and oxygen atoms in total. The predicted molar refractivity (Wildman–Crippen MR) is 231 cm³/mol. The Hall–Kier alpha value is -2.55. The van der Waals surface area contributed by atoms with Crippen LogP contribution in [0.4, 0.5) is 0 Å². The maximum absolute atomic E-state index is 12.6. The minimum absolute atomic E-state index is 0.00892. The molecule has 322 valence electrons. The minimum Gasteiger partial charge on any atom is -0.756 e. The van der Waals surface area contributed by atoms with Gasteiger partial charge in [0.05, 0.1) is 34.0 Å². The molecule has 0 aliphatic rings. The Morgan fingerprint density at radius 2 is 1.18 bits per heavy atom. The highest BCUT2D eigenvalue weighted by atomic mass is 31.2. The average Bonchev–Trinajstić information content (AvgIpc) is 3.14. The van der Waals surface area contributed by atoms with Crippen LogP contribution < -0.4 is 4.89 Å². The smallest absolute Gasteiger partial charge is 0.306 e. The fourth-order valence-electron chi connectivity index (χ4n) is 5.33. The molecule has 0 aromatic carbocycles. The van der Waals surface area contributed by atoms with Gasteiger partial charge in [-0.25, -0.2) is 0 Å². The van der Waals surface area contributed by atoms with Crippen molar-refractivity contribution < 1.29 is 42.1 Å². The Morgan fingerprint density at radius 3 is 1.84 bits per heavy atom. The summed E-state index contributed by atoms with van der Waals surface area (Å²) >= 11 is 0. The number of carbonyl (C=O) groups excluding carboxylic acids is 2. The molecule has 0 aromatic rings. The van der Waals surface area contributed by atoms with Crippen molar-refractivity contribution >= 4 is 19.6 Å². The summed E-state index contributed by atoms with van der Waals surface area (Å²) in [5, 5.41) is 0. The fraction of sp³-hybridized carbons (Fsp3) is 0.696. The predicted octanol–water partition coefficient (Wildman–Crippen LogP) is 11.6. The molecule has 0 bridgehead atoms. The molecule has 0 amide bonds. The molecule has 0 rings (SSSR count). The number of phosphoric acid groups is 1. The molecule has 0 heterocycles. The molecule has 0 aliphatic carbocycles. The summed E-state index contributed by atoms with van der Waals surface area (Å²) in [5.41, 5.74) is 0. The second-order valence-corrected chi connectivity index (χ2v) is 16.9. The van der Waals surface area contributed by atoms with Crippen LogP contribution in [0.5, 0.6) is 0 Å². The van der Waals surface area contributed by atoms with E-state index in [-0.39, 0.29) is 32.0 Å². The van der Waals surface area contributed by atoms with Gasteiger partial charge in [-0.3, -0.25) is 14.2 Å². The number of hydrogen-bond acceptors (Lipinski definition) is 8. The number of ketones is 1. The van der Waals surface area contributed by atoms with Crippen LogP contribution in [0.25, 0.3) is 0 Å². The third kappa shape index (κ3) is 41.1.